The Bertz CT molecular complexity index is 2340. The SMILES string of the molecule is COC(=O)NC(C(=O)N1[C@@H](C)CC[C@H]1c1ncc(-c2ccc3c(c2)COc2cc4c(ccc5nc([C@@H]6CCCN6C(=O)CC6CCCOC6)[nH]c54)cc2-3)[nH]1)C(C)C. The molecule has 0 spiro atoms. The second-order valence-corrected chi connectivity index (χ2v) is 16.6. The number of ether oxygens (including phenoxy) is 3. The number of aromatic nitrogens is 4. The van der Waals surface area contributed by atoms with Crippen molar-refractivity contribution >= 4 is 39.7 Å². The maximum Gasteiger partial charge on any atom is 0.407 e. The van der Waals surface area contributed by atoms with Crippen molar-refractivity contribution < 1.29 is 28.6 Å². The van der Waals surface area contributed by atoms with Crippen LogP contribution in [-0.4, -0.2) is 86.6 Å². The Balaban J connectivity index is 0.951. The summed E-state index contributed by atoms with van der Waals surface area (Å²) in [5, 5.41) is 4.86. The topological polar surface area (TPSA) is 155 Å². The van der Waals surface area contributed by atoms with Crippen molar-refractivity contribution in [3.63, 3.8) is 0 Å². The van der Waals surface area contributed by atoms with Gasteiger partial charge in [0.05, 0.1) is 42.1 Å². The number of hydrogen-bond donors (Lipinski definition) is 3. The highest BCUT2D eigenvalue weighted by atomic mass is 16.5. The fourth-order valence-electron chi connectivity index (χ4n) is 9.46. The number of aromatic amines is 2. The molecule has 3 N–H and O–H groups in total. The van der Waals surface area contributed by atoms with Crippen LogP contribution >= 0.6 is 0 Å². The summed E-state index contributed by atoms with van der Waals surface area (Å²) in [5.74, 6) is 2.64. The van der Waals surface area contributed by atoms with Gasteiger partial charge in [-0.15, -0.1) is 0 Å². The summed E-state index contributed by atoms with van der Waals surface area (Å²) in [7, 11) is 1.30. The van der Waals surface area contributed by atoms with Crippen molar-refractivity contribution in [1.82, 2.24) is 35.1 Å². The molecule has 4 aliphatic rings. The Labute approximate surface area is 331 Å². The molecule has 298 valence electrons. The summed E-state index contributed by atoms with van der Waals surface area (Å²) in [5.41, 5.74) is 6.92. The smallest absolute Gasteiger partial charge is 0.407 e. The van der Waals surface area contributed by atoms with E-state index in [0.717, 1.165) is 119 Å². The lowest BCUT2D eigenvalue weighted by molar-refractivity contribution is -0.137. The fraction of sp³-hybridized carbons (Fsp3) is 0.477. The van der Waals surface area contributed by atoms with Gasteiger partial charge in [-0.1, -0.05) is 32.0 Å². The van der Waals surface area contributed by atoms with Crippen LogP contribution < -0.4 is 10.1 Å². The average Bonchev–Trinajstić information content (AvgIpc) is 4.05. The monoisotopic (exact) mass is 773 g/mol. The highest BCUT2D eigenvalue weighted by Gasteiger charge is 2.41. The molecule has 0 aliphatic carbocycles. The van der Waals surface area contributed by atoms with Crippen LogP contribution in [0, 0.1) is 11.8 Å². The number of nitrogens with one attached hydrogen (secondary N) is 3. The van der Waals surface area contributed by atoms with E-state index in [1.165, 1.54) is 7.11 Å². The third-order valence-electron chi connectivity index (χ3n) is 12.5. The highest BCUT2D eigenvalue weighted by Crippen LogP contribution is 2.44. The molecule has 0 bridgehead atoms. The van der Waals surface area contributed by atoms with Crippen LogP contribution in [0.5, 0.6) is 5.75 Å². The Morgan fingerprint density at radius 1 is 0.982 bits per heavy atom. The van der Waals surface area contributed by atoms with E-state index in [-0.39, 0.29) is 35.9 Å². The number of hydrogen-bond acceptors (Lipinski definition) is 8. The molecular formula is C44H51N7O6. The standard InChI is InChI=1S/C44H51N7O6/c1-24(2)39(49-44(54)55-4)43(53)51-25(3)9-14-36(51)41-45-21-34(47-41)28-10-12-30-29(18-28)23-57-37-20-31-27(19-32(30)37)11-13-33-40(31)48-42(46-33)35-8-5-15-50(35)38(52)17-26-7-6-16-56-22-26/h10-13,18-21,24-26,35-36,39H,5-9,14-17,22-23H2,1-4H3,(H,45,47)(H,46,48)(H,49,54)/t25-,26?,35-,36-,39?/m0/s1. The van der Waals surface area contributed by atoms with Gasteiger partial charge in [0.25, 0.3) is 0 Å². The van der Waals surface area contributed by atoms with Gasteiger partial charge in [-0.05, 0) is 104 Å². The number of likely N-dealkylation sites (tertiary alicyclic amines) is 2. The molecule has 2 aromatic heterocycles. The number of amides is 3. The number of rotatable bonds is 8. The number of benzene rings is 3. The van der Waals surface area contributed by atoms with E-state index < -0.39 is 12.1 Å². The predicted octanol–water partition coefficient (Wildman–Crippen LogP) is 7.58. The number of fused-ring (bicyclic) bond motifs is 6. The first-order valence-electron chi connectivity index (χ1n) is 20.5. The van der Waals surface area contributed by atoms with Crippen molar-refractivity contribution in [2.75, 3.05) is 26.9 Å². The van der Waals surface area contributed by atoms with Crippen molar-refractivity contribution in [1.29, 1.82) is 0 Å². The van der Waals surface area contributed by atoms with Gasteiger partial charge in [-0.25, -0.2) is 14.8 Å². The van der Waals surface area contributed by atoms with Gasteiger partial charge in [-0.2, -0.15) is 0 Å². The van der Waals surface area contributed by atoms with Crippen molar-refractivity contribution in [3.05, 3.63) is 65.9 Å². The summed E-state index contributed by atoms with van der Waals surface area (Å²) >= 11 is 0. The Morgan fingerprint density at radius 3 is 2.67 bits per heavy atom. The number of nitrogens with zero attached hydrogens (tertiary/aromatic N) is 4. The molecule has 9 rings (SSSR count). The second-order valence-electron chi connectivity index (χ2n) is 16.6. The molecule has 3 amide bonds. The van der Waals surface area contributed by atoms with E-state index in [0.29, 0.717) is 25.6 Å². The maximum atomic E-state index is 13.8. The molecule has 2 unspecified atom stereocenters. The van der Waals surface area contributed by atoms with E-state index in [2.05, 4.69) is 57.7 Å². The Kier molecular flexibility index (Phi) is 9.88. The highest BCUT2D eigenvalue weighted by molar-refractivity contribution is 6.07. The van der Waals surface area contributed by atoms with Crippen molar-refractivity contribution in [2.24, 2.45) is 11.8 Å². The van der Waals surface area contributed by atoms with E-state index >= 15 is 0 Å². The van der Waals surface area contributed by atoms with Gasteiger partial charge >= 0.3 is 6.09 Å². The van der Waals surface area contributed by atoms with Gasteiger partial charge < -0.3 is 39.3 Å². The Morgan fingerprint density at radius 2 is 1.86 bits per heavy atom. The zero-order valence-corrected chi connectivity index (χ0v) is 33.1. The van der Waals surface area contributed by atoms with Gasteiger partial charge in [0.15, 0.2) is 0 Å². The number of imidazole rings is 2. The number of alkyl carbamates (subject to hydrolysis) is 1. The summed E-state index contributed by atoms with van der Waals surface area (Å²) in [6, 6.07) is 13.9. The molecule has 0 radical (unpaired) electrons. The molecule has 3 saturated heterocycles. The largest absolute Gasteiger partial charge is 0.488 e. The zero-order chi connectivity index (χ0) is 39.4. The minimum atomic E-state index is -0.703. The third kappa shape index (κ3) is 6.89. The first-order valence-corrected chi connectivity index (χ1v) is 20.5. The van der Waals surface area contributed by atoms with Crippen LogP contribution in [0.3, 0.4) is 0 Å². The number of H-pyrrole nitrogens is 2. The molecule has 5 aromatic rings. The quantitative estimate of drug-likeness (QED) is 0.146. The predicted molar refractivity (Wildman–Crippen MR) is 215 cm³/mol. The van der Waals surface area contributed by atoms with E-state index in [1.54, 1.807) is 0 Å². The van der Waals surface area contributed by atoms with Gasteiger partial charge in [0, 0.05) is 43.2 Å². The summed E-state index contributed by atoms with van der Waals surface area (Å²) in [4.78, 5) is 60.2. The molecule has 4 aliphatic heterocycles. The van der Waals surface area contributed by atoms with Gasteiger partial charge in [-0.3, -0.25) is 9.59 Å². The van der Waals surface area contributed by atoms with Gasteiger partial charge in [0.2, 0.25) is 11.8 Å². The molecule has 13 heteroatoms. The van der Waals surface area contributed by atoms with Crippen LogP contribution in [0.2, 0.25) is 0 Å². The maximum absolute atomic E-state index is 13.8. The third-order valence-corrected chi connectivity index (χ3v) is 12.5. The van der Waals surface area contributed by atoms with Crippen LogP contribution in [-0.2, 0) is 25.7 Å². The summed E-state index contributed by atoms with van der Waals surface area (Å²) < 4.78 is 16.9. The molecule has 3 aromatic carbocycles. The average molecular weight is 774 g/mol. The lowest BCUT2D eigenvalue weighted by Gasteiger charge is -2.32. The first-order chi connectivity index (χ1) is 27.7. The molecule has 57 heavy (non-hydrogen) atoms. The summed E-state index contributed by atoms with van der Waals surface area (Å²) in [6.45, 7) is 8.52. The van der Waals surface area contributed by atoms with E-state index in [9.17, 15) is 14.4 Å². The van der Waals surface area contributed by atoms with Crippen LogP contribution in [0.4, 0.5) is 4.79 Å². The lowest BCUT2D eigenvalue weighted by Crippen LogP contribution is -2.52. The normalized spacial score (nSPS) is 22.4. The number of methoxy groups -OCH3 is 1. The van der Waals surface area contributed by atoms with E-state index in [4.69, 9.17) is 24.2 Å². The molecule has 5 atom stereocenters. The minimum absolute atomic E-state index is 0.000442. The molecule has 6 heterocycles. The van der Waals surface area contributed by atoms with Gasteiger partial charge in [0.1, 0.15) is 30.0 Å². The van der Waals surface area contributed by atoms with E-state index in [1.807, 2.05) is 36.8 Å². The number of carbonyl (C=O) groups is 3. The first kappa shape index (κ1) is 37.2. The summed E-state index contributed by atoms with van der Waals surface area (Å²) in [6.07, 6.45) is 7.29. The minimum Gasteiger partial charge on any atom is -0.488 e. The molecule has 13 nitrogen and oxygen atoms in total. The second kappa shape index (κ2) is 15.1. The lowest BCUT2D eigenvalue weighted by atomic mass is 9.92. The Hall–Kier alpha value is -5.43. The van der Waals surface area contributed by atoms with Crippen LogP contribution in [0.1, 0.15) is 95.0 Å². The zero-order valence-electron chi connectivity index (χ0n) is 33.1. The molecule has 3 fully saturated rings. The molecular weight excluding hydrogens is 723 g/mol. The fourth-order valence-corrected chi connectivity index (χ4v) is 9.46. The van der Waals surface area contributed by atoms with Crippen LogP contribution in [0.15, 0.2) is 48.7 Å². The number of carbonyl (C=O) groups excluding carboxylic acids is 3. The van der Waals surface area contributed by atoms with Crippen molar-refractivity contribution in [2.45, 2.75) is 96.5 Å². The van der Waals surface area contributed by atoms with Crippen molar-refractivity contribution in [3.8, 4) is 28.1 Å². The van der Waals surface area contributed by atoms with Crippen LogP contribution in [0.25, 0.3) is 44.2 Å². The molecule has 0 saturated carbocycles.